The molecular formula is C20H21BrN2O4. The van der Waals surface area contributed by atoms with Gasteiger partial charge in [-0.05, 0) is 50.1 Å². The minimum Gasteiger partial charge on any atom is -0.483 e. The van der Waals surface area contributed by atoms with E-state index in [0.29, 0.717) is 17.6 Å². The fourth-order valence-electron chi connectivity index (χ4n) is 2.68. The van der Waals surface area contributed by atoms with Gasteiger partial charge in [-0.3, -0.25) is 14.4 Å². The molecule has 0 heterocycles. The molecule has 0 fully saturated rings. The summed E-state index contributed by atoms with van der Waals surface area (Å²) in [6.07, 6.45) is 0.650. The molecule has 0 radical (unpaired) electrons. The molecule has 0 atom stereocenters. The van der Waals surface area contributed by atoms with Gasteiger partial charge < -0.3 is 15.4 Å². The van der Waals surface area contributed by atoms with Crippen LogP contribution in [-0.2, 0) is 9.59 Å². The summed E-state index contributed by atoms with van der Waals surface area (Å²) in [4.78, 5) is 35.0. The van der Waals surface area contributed by atoms with E-state index in [2.05, 4.69) is 26.6 Å². The molecule has 27 heavy (non-hydrogen) atoms. The van der Waals surface area contributed by atoms with Crippen molar-refractivity contribution in [2.24, 2.45) is 0 Å². The van der Waals surface area contributed by atoms with E-state index in [9.17, 15) is 14.4 Å². The van der Waals surface area contributed by atoms with E-state index in [1.54, 1.807) is 18.2 Å². The summed E-state index contributed by atoms with van der Waals surface area (Å²) in [5.41, 5.74) is 4.14. The number of hydrogen-bond donors (Lipinski definition) is 2. The number of benzene rings is 2. The van der Waals surface area contributed by atoms with Crippen LogP contribution in [0.15, 0.2) is 34.8 Å². The molecule has 0 spiro atoms. The largest absolute Gasteiger partial charge is 0.483 e. The van der Waals surface area contributed by atoms with Gasteiger partial charge >= 0.3 is 0 Å². The van der Waals surface area contributed by atoms with Crippen LogP contribution >= 0.6 is 15.9 Å². The monoisotopic (exact) mass is 432 g/mol. The number of ether oxygens (including phenoxy) is 1. The van der Waals surface area contributed by atoms with Crippen LogP contribution in [-0.4, -0.2) is 31.3 Å². The highest BCUT2D eigenvalue weighted by Crippen LogP contribution is 2.22. The van der Waals surface area contributed by atoms with E-state index in [-0.39, 0.29) is 19.1 Å². The second-order valence-electron chi connectivity index (χ2n) is 6.19. The van der Waals surface area contributed by atoms with Gasteiger partial charge in [0.15, 0.2) is 12.9 Å². The molecule has 0 saturated carbocycles. The highest BCUT2D eigenvalue weighted by molar-refractivity contribution is 9.10. The Hall–Kier alpha value is -2.67. The van der Waals surface area contributed by atoms with E-state index < -0.39 is 5.91 Å². The van der Waals surface area contributed by atoms with Crippen LogP contribution < -0.4 is 15.4 Å². The number of carbonyl (C=O) groups is 3. The molecule has 0 unspecified atom stereocenters. The van der Waals surface area contributed by atoms with Gasteiger partial charge in [-0.25, -0.2) is 0 Å². The molecule has 0 bridgehead atoms. The number of hydrogen-bond acceptors (Lipinski definition) is 4. The molecule has 6 nitrogen and oxygen atoms in total. The third-order valence-corrected chi connectivity index (χ3v) is 4.34. The van der Waals surface area contributed by atoms with Crippen molar-refractivity contribution < 1.29 is 19.1 Å². The van der Waals surface area contributed by atoms with Crippen LogP contribution in [0.1, 0.15) is 27.0 Å². The predicted molar refractivity (Wildman–Crippen MR) is 107 cm³/mol. The Labute approximate surface area is 166 Å². The highest BCUT2D eigenvalue weighted by atomic mass is 79.9. The summed E-state index contributed by atoms with van der Waals surface area (Å²) in [5, 5.41) is 5.31. The maximum atomic E-state index is 12.1. The molecule has 2 rings (SSSR count). The Morgan fingerprint density at radius 1 is 1.07 bits per heavy atom. The quantitative estimate of drug-likeness (QED) is 0.657. The summed E-state index contributed by atoms with van der Waals surface area (Å²) >= 11 is 3.26. The molecule has 2 aromatic rings. The second kappa shape index (κ2) is 9.32. The Bertz CT molecular complexity index is 857. The van der Waals surface area contributed by atoms with Crippen molar-refractivity contribution in [3.05, 3.63) is 57.1 Å². The fourth-order valence-corrected chi connectivity index (χ4v) is 3.06. The minimum absolute atomic E-state index is 0.171. The van der Waals surface area contributed by atoms with Crippen LogP contribution in [0.5, 0.6) is 5.75 Å². The topological polar surface area (TPSA) is 84.5 Å². The smallest absolute Gasteiger partial charge is 0.258 e. The predicted octanol–water partition coefficient (Wildman–Crippen LogP) is 3.32. The van der Waals surface area contributed by atoms with Crippen LogP contribution in [0.25, 0.3) is 0 Å². The lowest BCUT2D eigenvalue weighted by molar-refractivity contribution is -0.125. The van der Waals surface area contributed by atoms with E-state index in [1.165, 1.54) is 0 Å². The van der Waals surface area contributed by atoms with Crippen LogP contribution in [0.3, 0.4) is 0 Å². The van der Waals surface area contributed by atoms with Gasteiger partial charge in [-0.15, -0.1) is 0 Å². The lowest BCUT2D eigenvalue weighted by Gasteiger charge is -2.13. The molecule has 0 aliphatic rings. The molecule has 0 aliphatic heterocycles. The van der Waals surface area contributed by atoms with Crippen molar-refractivity contribution in [1.29, 1.82) is 0 Å². The lowest BCUT2D eigenvalue weighted by Crippen LogP contribution is -2.36. The first-order chi connectivity index (χ1) is 12.8. The van der Waals surface area contributed by atoms with Crippen LogP contribution in [0.4, 0.5) is 5.69 Å². The van der Waals surface area contributed by atoms with Crippen molar-refractivity contribution in [2.75, 3.05) is 18.5 Å². The van der Waals surface area contributed by atoms with Crippen molar-refractivity contribution in [2.45, 2.75) is 20.8 Å². The number of carbonyl (C=O) groups excluding carboxylic acids is 3. The summed E-state index contributed by atoms with van der Waals surface area (Å²) < 4.78 is 6.09. The Morgan fingerprint density at radius 3 is 2.37 bits per heavy atom. The molecule has 142 valence electrons. The zero-order chi connectivity index (χ0) is 20.0. The molecule has 2 N–H and O–H groups in total. The van der Waals surface area contributed by atoms with Crippen molar-refractivity contribution in [3.8, 4) is 5.75 Å². The summed E-state index contributed by atoms with van der Waals surface area (Å²) in [6, 6.07) is 8.87. The van der Waals surface area contributed by atoms with Crippen molar-refractivity contribution in [3.63, 3.8) is 0 Å². The summed E-state index contributed by atoms with van der Waals surface area (Å²) in [6.45, 7) is 5.37. The number of rotatable bonds is 7. The van der Waals surface area contributed by atoms with E-state index in [1.807, 2.05) is 32.9 Å². The number of aldehydes is 1. The molecular weight excluding hydrogens is 412 g/mol. The van der Waals surface area contributed by atoms with Gasteiger partial charge in [0.1, 0.15) is 5.75 Å². The number of halogens is 1. The van der Waals surface area contributed by atoms with Gasteiger partial charge in [-0.1, -0.05) is 33.6 Å². The van der Waals surface area contributed by atoms with E-state index in [0.717, 1.165) is 26.9 Å². The standard InChI is InChI=1S/C20H21BrN2O4/c1-12-6-13(2)20(14(3)7-12)23-18(25)9-22-19(26)11-27-17-5-4-16(21)8-15(17)10-24/h4-8,10H,9,11H2,1-3H3,(H,22,26)(H,23,25). The first kappa shape index (κ1) is 20.6. The first-order valence-electron chi connectivity index (χ1n) is 8.32. The summed E-state index contributed by atoms with van der Waals surface area (Å²) in [5.74, 6) is -0.475. The lowest BCUT2D eigenvalue weighted by atomic mass is 10.1. The summed E-state index contributed by atoms with van der Waals surface area (Å²) in [7, 11) is 0. The van der Waals surface area contributed by atoms with E-state index >= 15 is 0 Å². The number of aryl methyl sites for hydroxylation is 3. The molecule has 2 aromatic carbocycles. The van der Waals surface area contributed by atoms with Crippen molar-refractivity contribution >= 4 is 39.7 Å². The maximum Gasteiger partial charge on any atom is 0.258 e. The average molecular weight is 433 g/mol. The van der Waals surface area contributed by atoms with Gasteiger partial charge in [0.25, 0.3) is 5.91 Å². The molecule has 0 saturated heterocycles. The molecule has 0 aliphatic carbocycles. The average Bonchev–Trinajstić information content (AvgIpc) is 2.61. The maximum absolute atomic E-state index is 12.1. The zero-order valence-electron chi connectivity index (χ0n) is 15.4. The van der Waals surface area contributed by atoms with Gasteiger partial charge in [0, 0.05) is 10.2 Å². The second-order valence-corrected chi connectivity index (χ2v) is 7.10. The SMILES string of the molecule is Cc1cc(C)c(NC(=O)CNC(=O)COc2ccc(Br)cc2C=O)c(C)c1. The van der Waals surface area contributed by atoms with Crippen LogP contribution in [0, 0.1) is 20.8 Å². The van der Waals surface area contributed by atoms with Gasteiger partial charge in [0.2, 0.25) is 5.91 Å². The number of nitrogens with one attached hydrogen (secondary N) is 2. The van der Waals surface area contributed by atoms with Gasteiger partial charge in [0.05, 0.1) is 12.1 Å². The Balaban J connectivity index is 1.85. The Kier molecular flexibility index (Phi) is 7.12. The molecule has 7 heteroatoms. The van der Waals surface area contributed by atoms with Crippen molar-refractivity contribution in [1.82, 2.24) is 5.32 Å². The third kappa shape index (κ3) is 5.92. The third-order valence-electron chi connectivity index (χ3n) is 3.85. The highest BCUT2D eigenvalue weighted by Gasteiger charge is 2.11. The number of anilines is 1. The normalized spacial score (nSPS) is 10.2. The fraction of sp³-hybridized carbons (Fsp3) is 0.250. The first-order valence-corrected chi connectivity index (χ1v) is 9.11. The number of amides is 2. The van der Waals surface area contributed by atoms with Gasteiger partial charge in [-0.2, -0.15) is 0 Å². The zero-order valence-corrected chi connectivity index (χ0v) is 17.0. The molecule has 0 aromatic heterocycles. The Morgan fingerprint density at radius 2 is 1.74 bits per heavy atom. The molecule has 2 amide bonds. The minimum atomic E-state index is -0.456. The van der Waals surface area contributed by atoms with E-state index in [4.69, 9.17) is 4.74 Å². The van der Waals surface area contributed by atoms with Crippen LogP contribution in [0.2, 0.25) is 0 Å².